The molecule has 0 atom stereocenters. The molecule has 0 aromatic carbocycles. The van der Waals surface area contributed by atoms with Crippen molar-refractivity contribution in [1.29, 1.82) is 0 Å². The van der Waals surface area contributed by atoms with Gasteiger partial charge in [-0.25, -0.2) is 0 Å². The lowest BCUT2D eigenvalue weighted by Gasteiger charge is -2.35. The average Bonchev–Trinajstić information content (AvgIpc) is 2.67. The van der Waals surface area contributed by atoms with Crippen LogP contribution in [-0.4, -0.2) is 33.0 Å². The van der Waals surface area contributed by atoms with E-state index in [9.17, 15) is 19.7 Å². The predicted octanol–water partition coefficient (Wildman–Crippen LogP) is 5.71. The first-order valence-corrected chi connectivity index (χ1v) is 11.5. The van der Waals surface area contributed by atoms with Crippen LogP contribution in [0, 0.1) is 10.1 Å². The summed E-state index contributed by atoms with van der Waals surface area (Å²) in [5.74, 6) is -0.658. The van der Waals surface area contributed by atoms with Crippen molar-refractivity contribution in [2.75, 3.05) is 0 Å². The van der Waals surface area contributed by atoms with Gasteiger partial charge in [0.1, 0.15) is 16.9 Å². The Morgan fingerprint density at radius 2 is 1.32 bits per heavy atom. The minimum atomic E-state index is -0.571. The summed E-state index contributed by atoms with van der Waals surface area (Å²) in [7, 11) is 0. The fourth-order valence-electron chi connectivity index (χ4n) is 3.51. The molecule has 8 heteroatoms. The minimum Gasteiger partial charge on any atom is -0.754 e. The number of carbonyl (C=O) groups is 2. The third-order valence-electron chi connectivity index (χ3n) is 4.85. The number of allylic oxidation sites excluding steroid dienone is 8. The molecule has 2 aliphatic heterocycles. The van der Waals surface area contributed by atoms with Gasteiger partial charge < -0.3 is 19.7 Å². The Morgan fingerprint density at radius 1 is 0.853 bits per heavy atom. The lowest BCUT2D eigenvalue weighted by Crippen LogP contribution is -2.24. The molecule has 2 heterocycles. The highest BCUT2D eigenvalue weighted by Gasteiger charge is 2.30. The van der Waals surface area contributed by atoms with Crippen molar-refractivity contribution in [3.63, 3.8) is 0 Å². The molecule has 0 aromatic rings. The van der Waals surface area contributed by atoms with Crippen LogP contribution in [0.4, 0.5) is 0 Å². The lowest BCUT2D eigenvalue weighted by molar-refractivity contribution is -0.442. The Labute approximate surface area is 201 Å². The van der Waals surface area contributed by atoms with Gasteiger partial charge in [-0.2, -0.15) is 0 Å². The van der Waals surface area contributed by atoms with E-state index in [1.807, 2.05) is 0 Å². The van der Waals surface area contributed by atoms with Gasteiger partial charge in [0.2, 0.25) is 5.70 Å². The summed E-state index contributed by atoms with van der Waals surface area (Å²) in [5.41, 5.74) is 1.57. The van der Waals surface area contributed by atoms with Gasteiger partial charge in [0.25, 0.3) is 5.70 Å². The Bertz CT molecular complexity index is 1010. The molecule has 0 unspecified atom stereocenters. The molecule has 0 spiro atoms. The molecule has 0 aliphatic carbocycles. The maximum atomic E-state index is 12.8. The van der Waals surface area contributed by atoms with Gasteiger partial charge in [0.05, 0.1) is 4.76 Å². The highest BCUT2D eigenvalue weighted by molar-refractivity contribution is 5.71. The average molecular weight is 473 g/mol. The van der Waals surface area contributed by atoms with Gasteiger partial charge in [-0.3, -0.25) is 9.59 Å². The van der Waals surface area contributed by atoms with Gasteiger partial charge in [0, 0.05) is 42.5 Å². The number of hydroxylamine groups is 2. The summed E-state index contributed by atoms with van der Waals surface area (Å²) in [5, 5.41) is 13.5. The van der Waals surface area contributed by atoms with Gasteiger partial charge in [0.15, 0.2) is 0 Å². The van der Waals surface area contributed by atoms with E-state index in [-0.39, 0.29) is 36.2 Å². The monoisotopic (exact) mass is 472 g/mol. The Hall–Kier alpha value is -3.00. The van der Waals surface area contributed by atoms with Crippen LogP contribution in [0.15, 0.2) is 58.2 Å². The molecule has 0 saturated carbocycles. The van der Waals surface area contributed by atoms with Gasteiger partial charge in [-0.1, -0.05) is 0 Å². The van der Waals surface area contributed by atoms with E-state index >= 15 is 0 Å². The van der Waals surface area contributed by atoms with E-state index < -0.39 is 11.2 Å². The maximum Gasteiger partial charge on any atom is 0.306 e. The zero-order chi connectivity index (χ0) is 25.8. The molecule has 0 N–H and O–H groups in total. The Morgan fingerprint density at radius 3 is 1.79 bits per heavy atom. The summed E-state index contributed by atoms with van der Waals surface area (Å²) < 4.78 is 11.4. The number of hydrogen-bond donors (Lipinski definition) is 0. The summed E-state index contributed by atoms with van der Waals surface area (Å²) in [6.07, 6.45) is 7.73. The van der Waals surface area contributed by atoms with Crippen LogP contribution in [0.2, 0.25) is 0 Å². The van der Waals surface area contributed by atoms with Crippen LogP contribution in [0.25, 0.3) is 0 Å². The number of carbonyl (C=O) groups excluding carboxylic acids is 2. The molecule has 186 valence electrons. The van der Waals surface area contributed by atoms with Crippen LogP contribution in [0.3, 0.4) is 0 Å². The zero-order valence-corrected chi connectivity index (χ0v) is 21.5. The number of hydrogen-bond acceptors (Lipinski definition) is 7. The van der Waals surface area contributed by atoms with E-state index in [2.05, 4.69) is 0 Å². The van der Waals surface area contributed by atoms with Gasteiger partial charge in [-0.15, -0.1) is 0 Å². The SMILES string of the molecule is CC1=CC(CCC(=O)OC(C)(C)C)=CC(=C2C=C(CCC(=O)OC(C)(C)C)C=C(C)[N+]2=O)N1[O-]. The first kappa shape index (κ1) is 27.2. The van der Waals surface area contributed by atoms with E-state index in [0.717, 1.165) is 11.1 Å². The van der Waals surface area contributed by atoms with Crippen molar-refractivity contribution < 1.29 is 23.8 Å². The number of nitrogens with zero attached hydrogens (tertiary/aromatic N) is 2. The molecule has 2 rings (SSSR count). The second kappa shape index (κ2) is 10.5. The molecule has 8 nitrogen and oxygen atoms in total. The third-order valence-corrected chi connectivity index (χ3v) is 4.85. The molecule has 0 amide bonds. The van der Waals surface area contributed by atoms with Gasteiger partial charge in [-0.05, 0) is 84.6 Å². The minimum absolute atomic E-state index is 0.158. The molecule has 34 heavy (non-hydrogen) atoms. The summed E-state index contributed by atoms with van der Waals surface area (Å²) in [6.45, 7) is 14.1. The quantitative estimate of drug-likeness (QED) is 0.361. The topological polar surface area (TPSA) is 99.0 Å². The van der Waals surface area contributed by atoms with Gasteiger partial charge >= 0.3 is 11.9 Å². The predicted molar refractivity (Wildman–Crippen MR) is 130 cm³/mol. The fraction of sp³-hybridized carbons (Fsp3) is 0.538. The number of ether oxygens (including phenoxy) is 2. The van der Waals surface area contributed by atoms with Crippen LogP contribution in [0.5, 0.6) is 0 Å². The Kier molecular flexibility index (Phi) is 8.42. The normalized spacial score (nSPS) is 19.2. The number of nitroso groups, excluding NO2 is 1. The smallest absolute Gasteiger partial charge is 0.306 e. The fourth-order valence-corrected chi connectivity index (χ4v) is 3.51. The molecule has 0 bridgehead atoms. The van der Waals surface area contributed by atoms with E-state index in [0.29, 0.717) is 34.1 Å². The van der Waals surface area contributed by atoms with Crippen molar-refractivity contribution >= 4 is 11.9 Å². The number of esters is 2. The Balaban J connectivity index is 2.27. The highest BCUT2D eigenvalue weighted by atomic mass is 16.6. The second-order valence-corrected chi connectivity index (χ2v) is 10.5. The number of rotatable bonds is 6. The summed E-state index contributed by atoms with van der Waals surface area (Å²) >= 11 is 0. The molecule has 0 aromatic heterocycles. The molecule has 2 aliphatic rings. The first-order chi connectivity index (χ1) is 15.6. The largest absolute Gasteiger partial charge is 0.754 e. The van der Waals surface area contributed by atoms with Crippen molar-refractivity contribution in [3.05, 3.63) is 68.4 Å². The summed E-state index contributed by atoms with van der Waals surface area (Å²) in [6, 6.07) is 0. The standard InChI is InChI=1S/C26H36N2O6/c1-17-13-19(9-11-23(29)33-25(3,4)5)15-21(27(17)31)22-16-20(14-18(2)28(22)32)10-12-24(30)34-26(6,7)8/h13-16H,9-12H2,1-8H3. The lowest BCUT2D eigenvalue weighted by atomic mass is 10.00. The van der Waals surface area contributed by atoms with E-state index in [1.165, 1.54) is 0 Å². The molecular formula is C26H36N2O6. The molecule has 0 saturated heterocycles. The van der Waals surface area contributed by atoms with Crippen molar-refractivity contribution in [1.82, 2.24) is 5.06 Å². The van der Waals surface area contributed by atoms with Crippen molar-refractivity contribution in [3.8, 4) is 0 Å². The van der Waals surface area contributed by atoms with Crippen LogP contribution < -0.4 is 0 Å². The third kappa shape index (κ3) is 8.09. The van der Waals surface area contributed by atoms with E-state index in [1.54, 1.807) is 79.7 Å². The van der Waals surface area contributed by atoms with Crippen LogP contribution in [0.1, 0.15) is 81.1 Å². The summed E-state index contributed by atoms with van der Waals surface area (Å²) in [4.78, 5) is 37.1. The molecular weight excluding hydrogens is 436 g/mol. The first-order valence-electron chi connectivity index (χ1n) is 11.5. The van der Waals surface area contributed by atoms with Crippen LogP contribution in [-0.2, 0) is 19.1 Å². The van der Waals surface area contributed by atoms with Crippen molar-refractivity contribution in [2.45, 2.75) is 92.3 Å². The van der Waals surface area contributed by atoms with Crippen LogP contribution >= 0.6 is 0 Å². The second-order valence-electron chi connectivity index (χ2n) is 10.5. The molecule has 0 fully saturated rings. The molecule has 0 radical (unpaired) electrons. The van der Waals surface area contributed by atoms with Crippen molar-refractivity contribution in [2.24, 2.45) is 0 Å². The zero-order valence-electron chi connectivity index (χ0n) is 21.5. The maximum absolute atomic E-state index is 12.8. The highest BCUT2D eigenvalue weighted by Crippen LogP contribution is 2.31. The van der Waals surface area contributed by atoms with E-state index in [4.69, 9.17) is 9.47 Å².